The number of amides is 1. The lowest BCUT2D eigenvalue weighted by Gasteiger charge is -2.21. The number of thioether (sulfide) groups is 1. The van der Waals surface area contributed by atoms with E-state index in [2.05, 4.69) is 5.32 Å². The van der Waals surface area contributed by atoms with Crippen LogP contribution in [0, 0.1) is 0 Å². The Labute approximate surface area is 203 Å². The second-order valence-electron chi connectivity index (χ2n) is 7.36. The first-order valence-electron chi connectivity index (χ1n) is 10.6. The Bertz CT molecular complexity index is 1010. The lowest BCUT2D eigenvalue weighted by Crippen LogP contribution is -2.43. The number of hydrogen-bond acceptors (Lipinski definition) is 6. The number of carbonyl (C=O) groups excluding carboxylic acids is 1. The number of nitrogens with one attached hydrogen (secondary N) is 1. The fraction of sp³-hybridized carbons (Fsp3) is 0.231. The van der Waals surface area contributed by atoms with Gasteiger partial charge in [-0.25, -0.2) is 9.59 Å². The molecule has 2 N–H and O–H groups in total. The van der Waals surface area contributed by atoms with Gasteiger partial charge in [-0.3, -0.25) is 0 Å². The Morgan fingerprint density at radius 3 is 1.85 bits per heavy atom. The summed E-state index contributed by atoms with van der Waals surface area (Å²) in [6.45, 7) is 0.0620. The van der Waals surface area contributed by atoms with Crippen LogP contribution >= 0.6 is 11.8 Å². The number of carbonyl (C=O) groups is 2. The molecule has 1 amide bonds. The monoisotopic (exact) mass is 481 g/mol. The smallest absolute Gasteiger partial charge is 0.408 e. The van der Waals surface area contributed by atoms with Gasteiger partial charge in [-0.15, -0.1) is 11.8 Å². The van der Waals surface area contributed by atoms with E-state index in [0.29, 0.717) is 0 Å². The maximum atomic E-state index is 12.2. The molecule has 0 aliphatic carbocycles. The molecule has 0 radical (unpaired) electrons. The van der Waals surface area contributed by atoms with Crippen LogP contribution in [-0.2, 0) is 16.1 Å². The minimum atomic E-state index is -1.13. The number of methoxy groups -OCH3 is 2. The molecule has 178 valence electrons. The van der Waals surface area contributed by atoms with Crippen LogP contribution in [0.5, 0.6) is 11.5 Å². The Morgan fingerprint density at radius 1 is 0.853 bits per heavy atom. The first-order chi connectivity index (χ1) is 16.5. The number of hydrogen-bond donors (Lipinski definition) is 2. The third kappa shape index (κ3) is 7.18. The normalized spacial score (nSPS) is 11.5. The number of alkyl carbamates (subject to hydrolysis) is 1. The largest absolute Gasteiger partial charge is 0.497 e. The summed E-state index contributed by atoms with van der Waals surface area (Å²) in [6.07, 6.45) is -0.776. The van der Waals surface area contributed by atoms with Gasteiger partial charge >= 0.3 is 12.1 Å². The highest BCUT2D eigenvalue weighted by molar-refractivity contribution is 7.99. The molecule has 8 heteroatoms. The van der Waals surface area contributed by atoms with E-state index in [-0.39, 0.29) is 17.6 Å². The van der Waals surface area contributed by atoms with Crippen LogP contribution in [0.3, 0.4) is 0 Å². The SMILES string of the molecule is COc1ccc(C(SC[C@@H](NC(=O)OCc2ccccc2)C(=O)O)c2ccc(OC)cc2)cc1. The maximum absolute atomic E-state index is 12.2. The van der Waals surface area contributed by atoms with Crippen LogP contribution in [0.4, 0.5) is 4.79 Å². The summed E-state index contributed by atoms with van der Waals surface area (Å²) in [5.74, 6) is 0.465. The average molecular weight is 482 g/mol. The summed E-state index contributed by atoms with van der Waals surface area (Å²) in [5.41, 5.74) is 2.77. The standard InChI is InChI=1S/C26H27NO6S/c1-31-21-12-8-19(9-13-21)24(20-10-14-22(32-2)15-11-20)34-17-23(25(28)29)27-26(30)33-16-18-6-4-3-5-7-18/h3-15,23-24H,16-17H2,1-2H3,(H,27,30)(H,28,29)/t23-/m1/s1. The highest BCUT2D eigenvalue weighted by atomic mass is 32.2. The van der Waals surface area contributed by atoms with Crippen LogP contribution in [0.2, 0.25) is 0 Å². The van der Waals surface area contributed by atoms with Crippen LogP contribution in [0.15, 0.2) is 78.9 Å². The number of carboxylic acid groups (broad SMARTS) is 1. The average Bonchev–Trinajstić information content (AvgIpc) is 2.88. The zero-order valence-corrected chi connectivity index (χ0v) is 19.8. The molecule has 3 aromatic rings. The molecule has 0 fully saturated rings. The number of aliphatic carboxylic acids is 1. The van der Waals surface area contributed by atoms with Crippen molar-refractivity contribution in [3.63, 3.8) is 0 Å². The van der Waals surface area contributed by atoms with Crippen molar-refractivity contribution >= 4 is 23.8 Å². The van der Waals surface area contributed by atoms with Gasteiger partial charge in [0.2, 0.25) is 0 Å². The zero-order chi connectivity index (χ0) is 24.3. The molecule has 34 heavy (non-hydrogen) atoms. The van der Waals surface area contributed by atoms with Gasteiger partial charge in [-0.2, -0.15) is 0 Å². The van der Waals surface area contributed by atoms with Gasteiger partial charge in [0.25, 0.3) is 0 Å². The maximum Gasteiger partial charge on any atom is 0.408 e. The lowest BCUT2D eigenvalue weighted by molar-refractivity contribution is -0.138. The highest BCUT2D eigenvalue weighted by Gasteiger charge is 2.24. The second-order valence-corrected chi connectivity index (χ2v) is 8.49. The molecule has 0 heterocycles. The molecule has 3 aromatic carbocycles. The number of rotatable bonds is 11. The molecule has 0 spiro atoms. The molecule has 0 aromatic heterocycles. The van der Waals surface area contributed by atoms with Crippen molar-refractivity contribution in [1.29, 1.82) is 0 Å². The molecular weight excluding hydrogens is 454 g/mol. The predicted octanol–water partition coefficient (Wildman–Crippen LogP) is 4.91. The Balaban J connectivity index is 1.70. The Kier molecular flexibility index (Phi) is 9.22. The summed E-state index contributed by atoms with van der Waals surface area (Å²) in [7, 11) is 3.20. The van der Waals surface area contributed by atoms with Crippen LogP contribution in [0.25, 0.3) is 0 Å². The van der Waals surface area contributed by atoms with Gasteiger partial charge in [0.05, 0.1) is 19.5 Å². The summed E-state index contributed by atoms with van der Waals surface area (Å²) in [4.78, 5) is 24.1. The van der Waals surface area contributed by atoms with E-state index in [1.807, 2.05) is 78.9 Å². The Morgan fingerprint density at radius 2 is 1.38 bits per heavy atom. The van der Waals surface area contributed by atoms with Crippen molar-refractivity contribution in [2.75, 3.05) is 20.0 Å². The molecular formula is C26H27NO6S. The van der Waals surface area contributed by atoms with E-state index in [1.54, 1.807) is 14.2 Å². The summed E-state index contributed by atoms with van der Waals surface area (Å²) >= 11 is 1.41. The lowest BCUT2D eigenvalue weighted by atomic mass is 10.0. The molecule has 0 aliphatic rings. The van der Waals surface area contributed by atoms with Gasteiger partial charge in [0, 0.05) is 5.75 Å². The van der Waals surface area contributed by atoms with Crippen molar-refractivity contribution in [1.82, 2.24) is 5.32 Å². The van der Waals surface area contributed by atoms with E-state index in [9.17, 15) is 14.7 Å². The Hall–Kier alpha value is -3.65. The fourth-order valence-corrected chi connectivity index (χ4v) is 4.53. The van der Waals surface area contributed by atoms with Gasteiger partial charge in [-0.1, -0.05) is 54.6 Å². The fourth-order valence-electron chi connectivity index (χ4n) is 3.22. The van der Waals surface area contributed by atoms with Crippen molar-refractivity contribution in [3.8, 4) is 11.5 Å². The highest BCUT2D eigenvalue weighted by Crippen LogP contribution is 2.37. The molecule has 3 rings (SSSR count). The van der Waals surface area contributed by atoms with E-state index in [4.69, 9.17) is 14.2 Å². The molecule has 0 saturated carbocycles. The van der Waals surface area contributed by atoms with Crippen molar-refractivity contribution in [3.05, 3.63) is 95.6 Å². The third-order valence-corrected chi connectivity index (χ3v) is 6.47. The van der Waals surface area contributed by atoms with E-state index < -0.39 is 18.1 Å². The first-order valence-corrected chi connectivity index (χ1v) is 11.6. The van der Waals surface area contributed by atoms with Gasteiger partial charge in [0.15, 0.2) is 0 Å². The van der Waals surface area contributed by atoms with Gasteiger partial charge in [-0.05, 0) is 41.0 Å². The summed E-state index contributed by atoms with van der Waals surface area (Å²) < 4.78 is 15.7. The van der Waals surface area contributed by atoms with Gasteiger partial charge in [0.1, 0.15) is 24.1 Å². The van der Waals surface area contributed by atoms with Gasteiger partial charge < -0.3 is 24.6 Å². The van der Waals surface area contributed by atoms with E-state index in [1.165, 1.54) is 11.8 Å². The zero-order valence-electron chi connectivity index (χ0n) is 19.0. The molecule has 1 atom stereocenters. The van der Waals surface area contributed by atoms with Crippen LogP contribution in [0.1, 0.15) is 21.9 Å². The predicted molar refractivity (Wildman–Crippen MR) is 131 cm³/mol. The number of carboxylic acids is 1. The third-order valence-electron chi connectivity index (χ3n) is 5.07. The molecule has 0 aliphatic heterocycles. The van der Waals surface area contributed by atoms with E-state index >= 15 is 0 Å². The topological polar surface area (TPSA) is 94.1 Å². The summed E-state index contributed by atoms with van der Waals surface area (Å²) in [6, 6.07) is 23.3. The van der Waals surface area contributed by atoms with Crippen molar-refractivity contribution < 1.29 is 28.9 Å². The van der Waals surface area contributed by atoms with Crippen molar-refractivity contribution in [2.24, 2.45) is 0 Å². The van der Waals surface area contributed by atoms with E-state index in [0.717, 1.165) is 28.2 Å². The molecule has 0 bridgehead atoms. The minimum absolute atomic E-state index is 0.0620. The first kappa shape index (κ1) is 25.0. The molecule has 0 saturated heterocycles. The van der Waals surface area contributed by atoms with Crippen LogP contribution in [-0.4, -0.2) is 43.2 Å². The minimum Gasteiger partial charge on any atom is -0.497 e. The number of benzene rings is 3. The molecule has 0 unspecified atom stereocenters. The quantitative estimate of drug-likeness (QED) is 0.402. The summed E-state index contributed by atoms with van der Waals surface area (Å²) in [5, 5.41) is 12.0. The van der Waals surface area contributed by atoms with Crippen LogP contribution < -0.4 is 14.8 Å². The number of ether oxygens (including phenoxy) is 3. The van der Waals surface area contributed by atoms with Crippen molar-refractivity contribution in [2.45, 2.75) is 17.9 Å². The second kappa shape index (κ2) is 12.6. The molecule has 7 nitrogen and oxygen atoms in total.